The van der Waals surface area contributed by atoms with Crippen LogP contribution in [0, 0.1) is 0 Å². The van der Waals surface area contributed by atoms with Crippen molar-refractivity contribution in [2.24, 2.45) is 0 Å². The van der Waals surface area contributed by atoms with Crippen LogP contribution in [0.4, 0.5) is 10.5 Å². The number of carbonyl (C=O) groups is 2. The van der Waals surface area contributed by atoms with Crippen LogP contribution in [-0.4, -0.2) is 48.4 Å². The molecular formula is C24H25BrCl2N2O4. The summed E-state index contributed by atoms with van der Waals surface area (Å²) < 4.78 is 12.4. The van der Waals surface area contributed by atoms with E-state index in [9.17, 15) is 9.59 Å². The summed E-state index contributed by atoms with van der Waals surface area (Å²) in [6, 6.07) is 12.0. The van der Waals surface area contributed by atoms with Gasteiger partial charge in [0.2, 0.25) is 0 Å². The lowest BCUT2D eigenvalue weighted by atomic mass is 9.91. The van der Waals surface area contributed by atoms with Crippen molar-refractivity contribution in [3.8, 4) is 0 Å². The fourth-order valence-corrected chi connectivity index (χ4v) is 5.08. The Kier molecular flexibility index (Phi) is 7.66. The van der Waals surface area contributed by atoms with E-state index in [1.807, 2.05) is 24.3 Å². The van der Waals surface area contributed by atoms with E-state index in [1.54, 1.807) is 30.0 Å². The van der Waals surface area contributed by atoms with Crippen molar-refractivity contribution >= 4 is 56.8 Å². The molecule has 2 fully saturated rings. The molecule has 2 saturated heterocycles. The molecular weight excluding hydrogens is 531 g/mol. The Hall–Kier alpha value is -1.64. The van der Waals surface area contributed by atoms with Crippen molar-refractivity contribution in [1.82, 2.24) is 4.90 Å². The predicted molar refractivity (Wildman–Crippen MR) is 132 cm³/mol. The second kappa shape index (κ2) is 10.3. The van der Waals surface area contributed by atoms with Crippen molar-refractivity contribution in [2.75, 3.05) is 24.7 Å². The molecule has 2 aromatic carbocycles. The minimum atomic E-state index is -1.10. The second-order valence-electron chi connectivity index (χ2n) is 8.45. The summed E-state index contributed by atoms with van der Waals surface area (Å²) in [4.78, 5) is 30.0. The van der Waals surface area contributed by atoms with Gasteiger partial charge < -0.3 is 14.4 Å². The van der Waals surface area contributed by atoms with Crippen LogP contribution >= 0.6 is 39.1 Å². The summed E-state index contributed by atoms with van der Waals surface area (Å²) in [5.41, 5.74) is 0.189. The Labute approximate surface area is 211 Å². The average molecular weight is 556 g/mol. The van der Waals surface area contributed by atoms with Gasteiger partial charge in [0.15, 0.2) is 6.29 Å². The molecule has 0 N–H and O–H groups in total. The SMILES string of the molecule is C[C@@]1(Cc2ccc(Br)cc2)C(=O)N(c2cc(Cl)cc(Cl)c2)C(=O)N1CCOC1CCCCO1. The summed E-state index contributed by atoms with van der Waals surface area (Å²) in [7, 11) is 0. The Morgan fingerprint density at radius 1 is 1.12 bits per heavy atom. The number of carbonyl (C=O) groups excluding carboxylic acids is 2. The van der Waals surface area contributed by atoms with Crippen LogP contribution in [-0.2, 0) is 20.7 Å². The quantitative estimate of drug-likeness (QED) is 0.389. The van der Waals surface area contributed by atoms with Crippen LogP contribution in [0.1, 0.15) is 31.7 Å². The zero-order valence-electron chi connectivity index (χ0n) is 18.2. The van der Waals surface area contributed by atoms with Crippen LogP contribution < -0.4 is 4.90 Å². The Morgan fingerprint density at radius 2 is 1.82 bits per heavy atom. The Balaban J connectivity index is 1.61. The maximum Gasteiger partial charge on any atom is 0.332 e. The van der Waals surface area contributed by atoms with Crippen molar-refractivity contribution in [3.05, 3.63) is 62.5 Å². The highest BCUT2D eigenvalue weighted by atomic mass is 79.9. The summed E-state index contributed by atoms with van der Waals surface area (Å²) in [6.07, 6.45) is 3.00. The molecule has 0 aromatic heterocycles. The number of amides is 3. The van der Waals surface area contributed by atoms with E-state index >= 15 is 0 Å². The summed E-state index contributed by atoms with van der Waals surface area (Å²) in [5, 5.41) is 0.702. The first-order valence-electron chi connectivity index (χ1n) is 10.9. The number of hydrogen-bond donors (Lipinski definition) is 0. The van der Waals surface area contributed by atoms with Gasteiger partial charge in [0.1, 0.15) is 5.54 Å². The number of anilines is 1. The number of benzene rings is 2. The van der Waals surface area contributed by atoms with Gasteiger partial charge in [0.05, 0.1) is 12.3 Å². The maximum atomic E-state index is 13.7. The first kappa shape index (κ1) is 24.5. The minimum absolute atomic E-state index is 0.252. The van der Waals surface area contributed by atoms with Gasteiger partial charge in [-0.05, 0) is 62.1 Å². The van der Waals surface area contributed by atoms with E-state index in [0.717, 1.165) is 34.2 Å². The molecule has 3 amide bonds. The summed E-state index contributed by atoms with van der Waals surface area (Å²) in [5.74, 6) is -0.331. The summed E-state index contributed by atoms with van der Waals surface area (Å²) >= 11 is 15.8. The molecule has 2 atom stereocenters. The van der Waals surface area contributed by atoms with E-state index in [4.69, 9.17) is 32.7 Å². The number of imide groups is 1. The molecule has 2 aliphatic heterocycles. The lowest BCUT2D eigenvalue weighted by Gasteiger charge is -2.32. The smallest absolute Gasteiger partial charge is 0.332 e. The molecule has 0 saturated carbocycles. The fraction of sp³-hybridized carbons (Fsp3) is 0.417. The van der Waals surface area contributed by atoms with Crippen LogP contribution in [0.5, 0.6) is 0 Å². The van der Waals surface area contributed by atoms with Gasteiger partial charge in [-0.1, -0.05) is 51.3 Å². The molecule has 0 spiro atoms. The van der Waals surface area contributed by atoms with Gasteiger partial charge >= 0.3 is 6.03 Å². The molecule has 2 aliphatic rings. The zero-order valence-corrected chi connectivity index (χ0v) is 21.3. The predicted octanol–water partition coefficient (Wildman–Crippen LogP) is 6.07. The monoisotopic (exact) mass is 554 g/mol. The van der Waals surface area contributed by atoms with E-state index < -0.39 is 11.6 Å². The molecule has 2 aromatic rings. The van der Waals surface area contributed by atoms with Gasteiger partial charge in [-0.2, -0.15) is 0 Å². The lowest BCUT2D eigenvalue weighted by molar-refractivity contribution is -0.164. The zero-order chi connectivity index (χ0) is 23.6. The standard InChI is InChI=1S/C24H25BrCl2N2O4/c1-24(15-16-5-7-17(25)8-6-16)22(30)29(20-13-18(26)12-19(27)14-20)23(31)28(24)9-11-33-21-4-2-3-10-32-21/h5-8,12-14,21H,2-4,9-11,15H2,1H3/t21?,24-/m1/s1. The molecule has 176 valence electrons. The van der Waals surface area contributed by atoms with Crippen molar-refractivity contribution in [3.63, 3.8) is 0 Å². The number of nitrogens with zero attached hydrogens (tertiary/aromatic N) is 2. The van der Waals surface area contributed by atoms with Gasteiger partial charge in [-0.15, -0.1) is 0 Å². The van der Waals surface area contributed by atoms with E-state index in [2.05, 4.69) is 15.9 Å². The Bertz CT molecular complexity index is 1010. The van der Waals surface area contributed by atoms with Crippen molar-refractivity contribution < 1.29 is 19.1 Å². The van der Waals surface area contributed by atoms with Crippen molar-refractivity contribution in [1.29, 1.82) is 0 Å². The Morgan fingerprint density at radius 3 is 2.45 bits per heavy atom. The number of hydrogen-bond acceptors (Lipinski definition) is 4. The number of ether oxygens (including phenoxy) is 2. The topological polar surface area (TPSA) is 59.1 Å². The van der Waals surface area contributed by atoms with Gasteiger partial charge in [-0.25, -0.2) is 9.69 Å². The van der Waals surface area contributed by atoms with E-state index in [1.165, 1.54) is 0 Å². The molecule has 1 unspecified atom stereocenters. The fourth-order valence-electron chi connectivity index (χ4n) is 4.30. The number of rotatable bonds is 7. The summed E-state index contributed by atoms with van der Waals surface area (Å²) in [6.45, 7) is 2.99. The normalized spacial score (nSPS) is 23.5. The van der Waals surface area contributed by atoms with E-state index in [0.29, 0.717) is 28.8 Å². The second-order valence-corrected chi connectivity index (χ2v) is 10.2. The molecule has 9 heteroatoms. The third-order valence-corrected chi connectivity index (χ3v) is 6.97. The highest BCUT2D eigenvalue weighted by Gasteiger charge is 2.54. The maximum absolute atomic E-state index is 13.7. The average Bonchev–Trinajstić information content (AvgIpc) is 2.95. The third kappa shape index (κ3) is 5.38. The van der Waals surface area contributed by atoms with Gasteiger partial charge in [-0.3, -0.25) is 4.79 Å². The molecule has 6 nitrogen and oxygen atoms in total. The molecule has 0 radical (unpaired) electrons. The van der Waals surface area contributed by atoms with Crippen LogP contribution in [0.2, 0.25) is 10.0 Å². The highest BCUT2D eigenvalue weighted by Crippen LogP contribution is 2.37. The molecule has 33 heavy (non-hydrogen) atoms. The largest absolute Gasteiger partial charge is 0.353 e. The molecule has 4 rings (SSSR count). The number of halogens is 3. The van der Waals surface area contributed by atoms with Gasteiger partial charge in [0, 0.05) is 34.1 Å². The molecule has 0 bridgehead atoms. The highest BCUT2D eigenvalue weighted by molar-refractivity contribution is 9.10. The van der Waals surface area contributed by atoms with Crippen molar-refractivity contribution in [2.45, 2.75) is 44.4 Å². The lowest BCUT2D eigenvalue weighted by Crippen LogP contribution is -2.50. The first-order chi connectivity index (χ1) is 15.8. The number of urea groups is 1. The van der Waals surface area contributed by atoms with Gasteiger partial charge in [0.25, 0.3) is 5.91 Å². The minimum Gasteiger partial charge on any atom is -0.353 e. The third-order valence-electron chi connectivity index (χ3n) is 6.01. The first-order valence-corrected chi connectivity index (χ1v) is 12.4. The van der Waals surface area contributed by atoms with E-state index in [-0.39, 0.29) is 25.3 Å². The molecule has 0 aliphatic carbocycles. The van der Waals surface area contributed by atoms with Crippen LogP contribution in [0.15, 0.2) is 46.9 Å². The van der Waals surface area contributed by atoms with Crippen LogP contribution in [0.3, 0.4) is 0 Å². The van der Waals surface area contributed by atoms with Crippen LogP contribution in [0.25, 0.3) is 0 Å². The molecule has 2 heterocycles.